The average molecular weight is 235 g/mol. The smallest absolute Gasteiger partial charge is 0.237 e. The molecule has 0 aliphatic carbocycles. The molecule has 0 aromatic carbocycles. The molecular weight excluding hydrogens is 218 g/mol. The van der Waals surface area contributed by atoms with Crippen LogP contribution >= 0.6 is 0 Å². The Labute approximate surface area is 89.6 Å². The molecule has 0 saturated carbocycles. The zero-order valence-corrected chi connectivity index (χ0v) is 9.35. The Bertz CT molecular complexity index is 309. The fourth-order valence-corrected chi connectivity index (χ4v) is 1.90. The van der Waals surface area contributed by atoms with Crippen molar-refractivity contribution in [3.05, 3.63) is 0 Å². The summed E-state index contributed by atoms with van der Waals surface area (Å²) in [6.45, 7) is 0.920. The van der Waals surface area contributed by atoms with E-state index >= 15 is 0 Å². The van der Waals surface area contributed by atoms with Gasteiger partial charge in [0.05, 0.1) is 11.8 Å². The molecule has 0 spiro atoms. The number of rotatable bonds is 4. The van der Waals surface area contributed by atoms with Crippen molar-refractivity contribution in [2.75, 3.05) is 18.8 Å². The first kappa shape index (κ1) is 12.4. The second-order valence-electron chi connectivity index (χ2n) is 3.66. The lowest BCUT2D eigenvalue weighted by atomic mass is 10.0. The summed E-state index contributed by atoms with van der Waals surface area (Å²) in [5.74, 6) is -0.357. The van der Waals surface area contributed by atoms with Crippen molar-refractivity contribution in [3.8, 4) is 0 Å². The summed E-state index contributed by atoms with van der Waals surface area (Å²) >= 11 is 0. The van der Waals surface area contributed by atoms with Crippen LogP contribution in [0.25, 0.3) is 0 Å². The molecule has 6 nitrogen and oxygen atoms in total. The van der Waals surface area contributed by atoms with E-state index in [2.05, 4.69) is 10.6 Å². The van der Waals surface area contributed by atoms with Gasteiger partial charge in [0, 0.05) is 6.54 Å². The number of nitrogens with one attached hydrogen (secondary N) is 2. The van der Waals surface area contributed by atoms with Crippen LogP contribution < -0.4 is 15.8 Å². The van der Waals surface area contributed by atoms with Crippen LogP contribution in [-0.2, 0) is 14.8 Å². The van der Waals surface area contributed by atoms with Crippen molar-refractivity contribution < 1.29 is 13.2 Å². The van der Waals surface area contributed by atoms with Crippen LogP contribution in [0.1, 0.15) is 19.3 Å². The summed E-state index contributed by atoms with van der Waals surface area (Å²) < 4.78 is 21.2. The largest absolute Gasteiger partial charge is 0.354 e. The molecule has 1 amide bonds. The molecule has 1 aliphatic heterocycles. The van der Waals surface area contributed by atoms with E-state index in [4.69, 9.17) is 5.14 Å². The third-order valence-electron chi connectivity index (χ3n) is 2.31. The second kappa shape index (κ2) is 5.43. The Morgan fingerprint density at radius 3 is 2.73 bits per heavy atom. The van der Waals surface area contributed by atoms with Gasteiger partial charge in [0.15, 0.2) is 0 Å². The van der Waals surface area contributed by atoms with Gasteiger partial charge in [-0.05, 0) is 19.4 Å². The lowest BCUT2D eigenvalue weighted by molar-refractivity contribution is -0.123. The fourth-order valence-electron chi connectivity index (χ4n) is 1.52. The van der Waals surface area contributed by atoms with Crippen molar-refractivity contribution in [1.82, 2.24) is 10.6 Å². The van der Waals surface area contributed by atoms with Gasteiger partial charge in [-0.15, -0.1) is 0 Å². The number of hydrogen-bond donors (Lipinski definition) is 3. The number of amides is 1. The summed E-state index contributed by atoms with van der Waals surface area (Å²) in [4.78, 5) is 11.5. The second-order valence-corrected chi connectivity index (χ2v) is 5.39. The first-order chi connectivity index (χ1) is 6.99. The van der Waals surface area contributed by atoms with E-state index in [1.54, 1.807) is 0 Å². The number of carbonyl (C=O) groups is 1. The van der Waals surface area contributed by atoms with E-state index < -0.39 is 10.0 Å². The first-order valence-corrected chi connectivity index (χ1v) is 6.72. The lowest BCUT2D eigenvalue weighted by Gasteiger charge is -2.22. The van der Waals surface area contributed by atoms with Gasteiger partial charge >= 0.3 is 0 Å². The van der Waals surface area contributed by atoms with Gasteiger partial charge < -0.3 is 10.6 Å². The van der Waals surface area contributed by atoms with E-state index in [0.717, 1.165) is 25.8 Å². The number of piperidine rings is 1. The van der Waals surface area contributed by atoms with Crippen LogP contribution in [0.2, 0.25) is 0 Å². The van der Waals surface area contributed by atoms with Crippen molar-refractivity contribution in [1.29, 1.82) is 0 Å². The molecule has 1 atom stereocenters. The zero-order valence-electron chi connectivity index (χ0n) is 8.53. The quantitative estimate of drug-likeness (QED) is 0.554. The van der Waals surface area contributed by atoms with Gasteiger partial charge in [-0.1, -0.05) is 6.42 Å². The molecule has 1 heterocycles. The van der Waals surface area contributed by atoms with Crippen molar-refractivity contribution >= 4 is 15.9 Å². The number of nitrogens with two attached hydrogens (primary N) is 1. The molecule has 1 unspecified atom stereocenters. The molecule has 0 aromatic rings. The highest BCUT2D eigenvalue weighted by Crippen LogP contribution is 2.06. The van der Waals surface area contributed by atoms with Gasteiger partial charge in [0.2, 0.25) is 15.9 Å². The molecule has 7 heteroatoms. The molecule has 0 bridgehead atoms. The van der Waals surface area contributed by atoms with Crippen LogP contribution in [0.4, 0.5) is 0 Å². The predicted octanol–water partition coefficient (Wildman–Crippen LogP) is -1.47. The third-order valence-corrected chi connectivity index (χ3v) is 3.09. The van der Waals surface area contributed by atoms with E-state index in [9.17, 15) is 13.2 Å². The maximum atomic E-state index is 11.5. The minimum absolute atomic E-state index is 0.0792. The molecule has 15 heavy (non-hydrogen) atoms. The van der Waals surface area contributed by atoms with E-state index in [-0.39, 0.29) is 24.2 Å². The summed E-state index contributed by atoms with van der Waals surface area (Å²) in [5.41, 5.74) is 0. The van der Waals surface area contributed by atoms with Crippen LogP contribution in [0.15, 0.2) is 0 Å². The molecule has 1 rings (SSSR count). The maximum Gasteiger partial charge on any atom is 0.237 e. The SMILES string of the molecule is NS(=O)(=O)CCNC(=O)C1CCCCN1. The van der Waals surface area contributed by atoms with Gasteiger partial charge in [-0.3, -0.25) is 4.79 Å². The maximum absolute atomic E-state index is 11.5. The van der Waals surface area contributed by atoms with E-state index in [1.807, 2.05) is 0 Å². The Morgan fingerprint density at radius 2 is 2.20 bits per heavy atom. The molecule has 4 N–H and O–H groups in total. The van der Waals surface area contributed by atoms with E-state index in [1.165, 1.54) is 0 Å². The van der Waals surface area contributed by atoms with Crippen molar-refractivity contribution in [3.63, 3.8) is 0 Å². The lowest BCUT2D eigenvalue weighted by Crippen LogP contribution is -2.47. The molecule has 1 aliphatic rings. The Morgan fingerprint density at radius 1 is 1.47 bits per heavy atom. The van der Waals surface area contributed by atoms with Gasteiger partial charge in [-0.2, -0.15) is 0 Å². The summed E-state index contributed by atoms with van der Waals surface area (Å²) in [5, 5.41) is 10.4. The topological polar surface area (TPSA) is 101 Å². The molecule has 0 aromatic heterocycles. The monoisotopic (exact) mass is 235 g/mol. The van der Waals surface area contributed by atoms with E-state index in [0.29, 0.717) is 0 Å². The molecule has 1 fully saturated rings. The average Bonchev–Trinajstić information content (AvgIpc) is 2.17. The Kier molecular flexibility index (Phi) is 4.49. The fraction of sp³-hybridized carbons (Fsp3) is 0.875. The van der Waals surface area contributed by atoms with Crippen LogP contribution in [0, 0.1) is 0 Å². The predicted molar refractivity (Wildman–Crippen MR) is 56.6 cm³/mol. The Hall–Kier alpha value is -0.660. The van der Waals surface area contributed by atoms with Gasteiger partial charge in [0.1, 0.15) is 0 Å². The van der Waals surface area contributed by atoms with Crippen molar-refractivity contribution in [2.45, 2.75) is 25.3 Å². The number of sulfonamides is 1. The van der Waals surface area contributed by atoms with Crippen molar-refractivity contribution in [2.24, 2.45) is 5.14 Å². The highest BCUT2D eigenvalue weighted by atomic mass is 32.2. The minimum atomic E-state index is -3.49. The normalized spacial score (nSPS) is 22.3. The number of hydrogen-bond acceptors (Lipinski definition) is 4. The molecule has 0 radical (unpaired) electrons. The third kappa shape index (κ3) is 5.10. The minimum Gasteiger partial charge on any atom is -0.354 e. The first-order valence-electron chi connectivity index (χ1n) is 5.00. The summed E-state index contributed by atoms with van der Waals surface area (Å²) in [6, 6.07) is -0.181. The molecule has 1 saturated heterocycles. The van der Waals surface area contributed by atoms with Gasteiger partial charge in [0.25, 0.3) is 0 Å². The highest BCUT2D eigenvalue weighted by molar-refractivity contribution is 7.89. The highest BCUT2D eigenvalue weighted by Gasteiger charge is 2.19. The standard InChI is InChI=1S/C8H17N3O3S/c9-15(13,14)6-5-11-8(12)7-3-1-2-4-10-7/h7,10H,1-6H2,(H,11,12)(H2,9,13,14). The summed E-state index contributed by atoms with van der Waals surface area (Å²) in [6.07, 6.45) is 2.92. The number of primary sulfonamides is 1. The summed E-state index contributed by atoms with van der Waals surface area (Å²) in [7, 11) is -3.49. The van der Waals surface area contributed by atoms with Gasteiger partial charge in [-0.25, -0.2) is 13.6 Å². The van der Waals surface area contributed by atoms with Crippen LogP contribution in [0.5, 0.6) is 0 Å². The van der Waals surface area contributed by atoms with Crippen LogP contribution in [-0.4, -0.2) is 39.2 Å². The zero-order chi connectivity index (χ0) is 11.3. The number of carbonyl (C=O) groups excluding carboxylic acids is 1. The molecule has 88 valence electrons. The molecular formula is C8H17N3O3S. The van der Waals surface area contributed by atoms with Crippen LogP contribution in [0.3, 0.4) is 0 Å². The Balaban J connectivity index is 2.23.